The van der Waals surface area contributed by atoms with Gasteiger partial charge in [0.2, 0.25) is 5.76 Å². The van der Waals surface area contributed by atoms with Crippen LogP contribution in [0.4, 0.5) is 0 Å². The van der Waals surface area contributed by atoms with Gasteiger partial charge in [-0.25, -0.2) is 4.98 Å². The van der Waals surface area contributed by atoms with Gasteiger partial charge in [-0.15, -0.1) is 24.8 Å². The van der Waals surface area contributed by atoms with Gasteiger partial charge in [0.1, 0.15) is 0 Å². The third kappa shape index (κ3) is 4.67. The van der Waals surface area contributed by atoms with E-state index in [0.29, 0.717) is 17.4 Å². The molecule has 2 unspecified atom stereocenters. The van der Waals surface area contributed by atoms with Crippen LogP contribution in [0.15, 0.2) is 10.8 Å². The fourth-order valence-electron chi connectivity index (χ4n) is 2.22. The van der Waals surface area contributed by atoms with Crippen molar-refractivity contribution < 1.29 is 9.21 Å². The molecule has 1 aliphatic heterocycles. The van der Waals surface area contributed by atoms with Crippen molar-refractivity contribution in [1.29, 1.82) is 0 Å². The van der Waals surface area contributed by atoms with Crippen LogP contribution < -0.4 is 10.6 Å². The van der Waals surface area contributed by atoms with Gasteiger partial charge in [0.25, 0.3) is 5.91 Å². The van der Waals surface area contributed by atoms with Crippen LogP contribution >= 0.6 is 24.8 Å². The molecule has 1 aromatic heterocycles. The number of halogens is 2. The first-order valence-electron chi connectivity index (χ1n) is 6.10. The first-order valence-corrected chi connectivity index (χ1v) is 6.10. The van der Waals surface area contributed by atoms with Gasteiger partial charge in [-0.3, -0.25) is 4.79 Å². The topological polar surface area (TPSA) is 67.2 Å². The van der Waals surface area contributed by atoms with Gasteiger partial charge in [0, 0.05) is 6.04 Å². The zero-order chi connectivity index (χ0) is 12.3. The second kappa shape index (κ2) is 8.40. The number of carbonyl (C=O) groups excluding carboxylic acids is 1. The van der Waals surface area contributed by atoms with Crippen LogP contribution in [0.2, 0.25) is 0 Å². The van der Waals surface area contributed by atoms with Gasteiger partial charge >= 0.3 is 0 Å². The first-order chi connectivity index (χ1) is 8.18. The predicted molar refractivity (Wildman–Crippen MR) is 78.3 cm³/mol. The minimum Gasteiger partial charge on any atom is -0.438 e. The van der Waals surface area contributed by atoms with Crippen LogP contribution in [0.3, 0.4) is 0 Å². The Hall–Kier alpha value is -0.780. The average Bonchev–Trinajstić information content (AvgIpc) is 2.76. The van der Waals surface area contributed by atoms with Gasteiger partial charge in [-0.1, -0.05) is 0 Å². The number of hydrogen-bond acceptors (Lipinski definition) is 4. The summed E-state index contributed by atoms with van der Waals surface area (Å²) in [5, 5.41) is 6.33. The Morgan fingerprint density at radius 2 is 2.32 bits per heavy atom. The highest BCUT2D eigenvalue weighted by molar-refractivity contribution is 5.92. The molecule has 1 amide bonds. The number of nitrogens with one attached hydrogen (secondary N) is 2. The van der Waals surface area contributed by atoms with Crippen molar-refractivity contribution in [3.8, 4) is 0 Å². The third-order valence-electron chi connectivity index (χ3n) is 3.35. The van der Waals surface area contributed by atoms with Crippen molar-refractivity contribution >= 4 is 30.7 Å². The van der Waals surface area contributed by atoms with Crippen LogP contribution in [0.1, 0.15) is 36.0 Å². The Morgan fingerprint density at radius 1 is 1.58 bits per heavy atom. The quantitative estimate of drug-likeness (QED) is 0.895. The Morgan fingerprint density at radius 3 is 2.84 bits per heavy atom. The van der Waals surface area contributed by atoms with Crippen molar-refractivity contribution in [2.75, 3.05) is 13.1 Å². The van der Waals surface area contributed by atoms with Crippen LogP contribution in [-0.2, 0) is 0 Å². The molecule has 1 aliphatic rings. The highest BCUT2D eigenvalue weighted by atomic mass is 35.5. The van der Waals surface area contributed by atoms with E-state index in [-0.39, 0.29) is 36.8 Å². The molecule has 0 aromatic carbocycles. The zero-order valence-corrected chi connectivity index (χ0v) is 12.8. The van der Waals surface area contributed by atoms with E-state index >= 15 is 0 Å². The third-order valence-corrected chi connectivity index (χ3v) is 3.35. The van der Waals surface area contributed by atoms with Gasteiger partial charge < -0.3 is 15.1 Å². The van der Waals surface area contributed by atoms with Crippen LogP contribution in [0, 0.1) is 12.8 Å². The van der Waals surface area contributed by atoms with Crippen LogP contribution in [0.25, 0.3) is 0 Å². The molecule has 2 atom stereocenters. The number of oxazole rings is 1. The molecule has 2 rings (SSSR count). The molecule has 1 aromatic rings. The van der Waals surface area contributed by atoms with E-state index < -0.39 is 0 Å². The number of aromatic nitrogens is 1. The fraction of sp³-hybridized carbons (Fsp3) is 0.667. The highest BCUT2D eigenvalue weighted by Crippen LogP contribution is 2.15. The molecule has 2 N–H and O–H groups in total. The summed E-state index contributed by atoms with van der Waals surface area (Å²) in [5.74, 6) is 0.648. The summed E-state index contributed by atoms with van der Waals surface area (Å²) in [5.41, 5.74) is 0.636. The Balaban J connectivity index is 0.00000162. The lowest BCUT2D eigenvalue weighted by Crippen LogP contribution is -2.44. The number of piperidine rings is 1. The predicted octanol–water partition coefficient (Wildman–Crippen LogP) is 1.94. The lowest BCUT2D eigenvalue weighted by Gasteiger charge is -2.28. The van der Waals surface area contributed by atoms with E-state index in [1.54, 1.807) is 6.92 Å². The molecule has 0 aliphatic carbocycles. The molecule has 0 saturated carbocycles. The summed E-state index contributed by atoms with van der Waals surface area (Å²) in [6.45, 7) is 5.86. The summed E-state index contributed by atoms with van der Waals surface area (Å²) in [6.07, 6.45) is 3.63. The Labute approximate surface area is 125 Å². The molecular weight excluding hydrogens is 289 g/mol. The van der Waals surface area contributed by atoms with Crippen molar-refractivity contribution in [1.82, 2.24) is 15.6 Å². The number of rotatable bonds is 3. The molecule has 7 heteroatoms. The monoisotopic (exact) mass is 309 g/mol. The molecule has 0 spiro atoms. The van der Waals surface area contributed by atoms with E-state index in [1.807, 2.05) is 6.92 Å². The number of aryl methyl sites for hydroxylation is 1. The molecular formula is C12H21Cl2N3O2. The van der Waals surface area contributed by atoms with Gasteiger partial charge in [0.15, 0.2) is 6.39 Å². The van der Waals surface area contributed by atoms with Gasteiger partial charge in [-0.05, 0) is 45.7 Å². The fourth-order valence-corrected chi connectivity index (χ4v) is 2.22. The zero-order valence-electron chi connectivity index (χ0n) is 11.1. The lowest BCUT2D eigenvalue weighted by molar-refractivity contribution is 0.0893. The lowest BCUT2D eigenvalue weighted by atomic mass is 9.93. The second-order valence-electron chi connectivity index (χ2n) is 4.64. The summed E-state index contributed by atoms with van der Waals surface area (Å²) in [7, 11) is 0. The maximum atomic E-state index is 11.9. The number of hydrogen-bond donors (Lipinski definition) is 2. The van der Waals surface area contributed by atoms with E-state index in [4.69, 9.17) is 4.42 Å². The molecule has 19 heavy (non-hydrogen) atoms. The number of carbonyl (C=O) groups is 1. The van der Waals surface area contributed by atoms with Crippen molar-refractivity contribution in [2.24, 2.45) is 5.92 Å². The molecule has 0 bridgehead atoms. The number of amides is 1. The first kappa shape index (κ1) is 18.2. The minimum absolute atomic E-state index is 0. The van der Waals surface area contributed by atoms with Crippen LogP contribution in [-0.4, -0.2) is 30.0 Å². The van der Waals surface area contributed by atoms with E-state index in [1.165, 1.54) is 12.8 Å². The Bertz CT molecular complexity index is 392. The van der Waals surface area contributed by atoms with E-state index in [0.717, 1.165) is 19.5 Å². The smallest absolute Gasteiger partial charge is 0.289 e. The highest BCUT2D eigenvalue weighted by Gasteiger charge is 2.23. The van der Waals surface area contributed by atoms with Crippen molar-refractivity contribution in [3.05, 3.63) is 17.8 Å². The molecule has 5 nitrogen and oxygen atoms in total. The largest absolute Gasteiger partial charge is 0.438 e. The maximum absolute atomic E-state index is 11.9. The summed E-state index contributed by atoms with van der Waals surface area (Å²) < 4.78 is 5.08. The molecule has 1 fully saturated rings. The molecule has 110 valence electrons. The Kier molecular flexibility index (Phi) is 8.06. The second-order valence-corrected chi connectivity index (χ2v) is 4.64. The maximum Gasteiger partial charge on any atom is 0.289 e. The SMILES string of the molecule is Cc1ncoc1C(=O)NC(C)C1CCCNC1.Cl.Cl. The summed E-state index contributed by atoms with van der Waals surface area (Å²) in [4.78, 5) is 15.8. The average molecular weight is 310 g/mol. The molecule has 2 heterocycles. The minimum atomic E-state index is -0.168. The van der Waals surface area contributed by atoms with Gasteiger partial charge in [0.05, 0.1) is 5.69 Å². The van der Waals surface area contributed by atoms with Gasteiger partial charge in [-0.2, -0.15) is 0 Å². The molecule has 1 saturated heterocycles. The standard InChI is InChI=1S/C12H19N3O2.2ClH/c1-8(10-4-3-5-13-6-10)15-12(16)11-9(2)14-7-17-11;;/h7-8,10,13H,3-6H2,1-2H3,(H,15,16);2*1H. The summed E-state index contributed by atoms with van der Waals surface area (Å²) >= 11 is 0. The van der Waals surface area contributed by atoms with Crippen molar-refractivity contribution in [2.45, 2.75) is 32.7 Å². The van der Waals surface area contributed by atoms with Crippen LogP contribution in [0.5, 0.6) is 0 Å². The van der Waals surface area contributed by atoms with E-state index in [9.17, 15) is 4.79 Å². The van der Waals surface area contributed by atoms with E-state index in [2.05, 4.69) is 15.6 Å². The molecule has 0 radical (unpaired) electrons. The summed E-state index contributed by atoms with van der Waals surface area (Å²) in [6, 6.07) is 0.153. The number of nitrogens with zero attached hydrogens (tertiary/aromatic N) is 1. The normalized spacial score (nSPS) is 19.8. The van der Waals surface area contributed by atoms with Crippen molar-refractivity contribution in [3.63, 3.8) is 0 Å².